The van der Waals surface area contributed by atoms with Crippen molar-refractivity contribution in [2.24, 2.45) is 0 Å². The van der Waals surface area contributed by atoms with E-state index in [1.165, 1.54) is 5.56 Å². The van der Waals surface area contributed by atoms with Gasteiger partial charge in [-0.25, -0.2) is 4.85 Å². The van der Waals surface area contributed by atoms with E-state index in [-0.39, 0.29) is 0 Å². The fraction of sp³-hybridized carbons (Fsp3) is 0.0968. The molecule has 0 fully saturated rings. The topological polar surface area (TPSA) is 62.3 Å². The minimum atomic E-state index is 0.532. The van der Waals surface area contributed by atoms with Gasteiger partial charge in [0.1, 0.15) is 23.3 Å². The Morgan fingerprint density at radius 2 is 0.826 bits per heavy atom. The fourth-order valence-corrected chi connectivity index (χ4v) is 8.58. The van der Waals surface area contributed by atoms with Gasteiger partial charge >= 0.3 is 0 Å². The Kier molecular flexibility index (Phi) is 13.5. The van der Waals surface area contributed by atoms with E-state index >= 15 is 0 Å². The van der Waals surface area contributed by atoms with Crippen molar-refractivity contribution < 1.29 is 14.2 Å². The van der Waals surface area contributed by atoms with Crippen LogP contribution in [0.4, 0.5) is 39.8 Å². The van der Waals surface area contributed by atoms with E-state index in [4.69, 9.17) is 20.8 Å². The highest BCUT2D eigenvalue weighted by molar-refractivity contribution is 6.16. The zero-order valence-electron chi connectivity index (χ0n) is 39.1. The largest absolute Gasteiger partial charge is 0.497 e. The lowest BCUT2D eigenvalue weighted by atomic mass is 9.93. The van der Waals surface area contributed by atoms with Crippen LogP contribution in [0.5, 0.6) is 17.2 Å². The number of hydrogen-bond donors (Lipinski definition) is 0. The Hall–Kier alpha value is -9.04. The molecule has 9 aromatic rings. The molecule has 0 aromatic heterocycles. The minimum Gasteiger partial charge on any atom is -0.497 e. The monoisotopic (exact) mass is 898 g/mol. The van der Waals surface area contributed by atoms with Crippen molar-refractivity contribution in [2.75, 3.05) is 30.1 Å². The van der Waals surface area contributed by atoms with Gasteiger partial charge in [0.05, 0.1) is 32.5 Å². The molecule has 0 N–H and O–H groups in total. The van der Waals surface area contributed by atoms with E-state index in [0.29, 0.717) is 24.5 Å². The molecule has 0 atom stereocenters. The van der Waals surface area contributed by atoms with Gasteiger partial charge in [0.2, 0.25) is 5.69 Å². The zero-order chi connectivity index (χ0) is 47.7. The van der Waals surface area contributed by atoms with Crippen molar-refractivity contribution in [1.82, 2.24) is 0 Å². The molecule has 0 aliphatic heterocycles. The second-order valence-corrected chi connectivity index (χ2v) is 16.5. The number of benzene rings is 9. The van der Waals surface area contributed by atoms with Gasteiger partial charge in [0.15, 0.2) is 0 Å². The van der Waals surface area contributed by atoms with Gasteiger partial charge in [-0.15, -0.1) is 0 Å². The van der Waals surface area contributed by atoms with Crippen LogP contribution in [0, 0.1) is 24.8 Å². The number of nitrogens with zero attached hydrogens (tertiary/aromatic N) is 4. The van der Waals surface area contributed by atoms with Gasteiger partial charge in [-0.05, 0) is 180 Å². The summed E-state index contributed by atoms with van der Waals surface area (Å²) in [6.45, 7) is 15.6. The first-order valence-electron chi connectivity index (χ1n) is 23.0. The van der Waals surface area contributed by atoms with E-state index in [0.717, 1.165) is 95.2 Å². The molecule has 0 saturated carbocycles. The third-order valence-corrected chi connectivity index (χ3v) is 12.0. The smallest absolute Gasteiger partial charge is 0.202 e. The molecule has 0 unspecified atom stereocenters. The van der Waals surface area contributed by atoms with Crippen molar-refractivity contribution >= 4 is 85.7 Å². The molecular formula is C62H50N4O3. The van der Waals surface area contributed by atoms with E-state index in [2.05, 4.69) is 143 Å². The van der Waals surface area contributed by atoms with Gasteiger partial charge < -0.3 is 24.0 Å². The quantitative estimate of drug-likeness (QED) is 0.0580. The Labute approximate surface area is 404 Å². The van der Waals surface area contributed by atoms with Gasteiger partial charge in [-0.2, -0.15) is 5.26 Å². The molecule has 336 valence electrons. The molecule has 0 heterocycles. The van der Waals surface area contributed by atoms with E-state index in [1.807, 2.05) is 105 Å². The fourth-order valence-electron chi connectivity index (χ4n) is 8.58. The Morgan fingerprint density at radius 1 is 0.464 bits per heavy atom. The lowest BCUT2D eigenvalue weighted by Gasteiger charge is -2.26. The van der Waals surface area contributed by atoms with Crippen molar-refractivity contribution in [1.29, 1.82) is 5.26 Å². The molecule has 7 nitrogen and oxygen atoms in total. The maximum Gasteiger partial charge on any atom is 0.202 e. The minimum absolute atomic E-state index is 0.532. The molecule has 7 heteroatoms. The van der Waals surface area contributed by atoms with Crippen molar-refractivity contribution in [3.63, 3.8) is 0 Å². The maximum absolute atomic E-state index is 10.6. The molecule has 0 spiro atoms. The molecule has 0 aliphatic rings. The average Bonchev–Trinajstić information content (AvgIpc) is 3.39. The Morgan fingerprint density at radius 3 is 1.23 bits per heavy atom. The van der Waals surface area contributed by atoms with Crippen molar-refractivity contribution in [3.8, 4) is 23.3 Å². The number of ether oxygens (including phenoxy) is 3. The first kappa shape index (κ1) is 45.1. The number of aryl methyl sites for hydroxylation is 1. The molecule has 9 rings (SSSR count). The van der Waals surface area contributed by atoms with E-state index in [9.17, 15) is 5.26 Å². The summed E-state index contributed by atoms with van der Waals surface area (Å²) in [5.41, 5.74) is 12.3. The number of nitriles is 1. The summed E-state index contributed by atoms with van der Waals surface area (Å²) >= 11 is 0. The van der Waals surface area contributed by atoms with Crippen LogP contribution in [0.25, 0.3) is 50.7 Å². The number of methoxy groups -OCH3 is 1. The van der Waals surface area contributed by atoms with Crippen LogP contribution in [-0.4, -0.2) is 20.3 Å². The summed E-state index contributed by atoms with van der Waals surface area (Å²) in [5.74, 6) is 2.46. The highest BCUT2D eigenvalue weighted by atomic mass is 16.5. The zero-order valence-corrected chi connectivity index (χ0v) is 39.1. The summed E-state index contributed by atoms with van der Waals surface area (Å²) in [4.78, 5) is 8.46. The number of hydrogen-bond acceptors (Lipinski definition) is 6. The Bertz CT molecular complexity index is 3380. The number of rotatable bonds is 15. The van der Waals surface area contributed by atoms with Crippen LogP contribution in [0.15, 0.2) is 182 Å². The third-order valence-electron chi connectivity index (χ3n) is 12.0. The van der Waals surface area contributed by atoms with Crippen LogP contribution in [0.3, 0.4) is 0 Å². The SMILES string of the molecule is [C-]#[N+]c1c2ccc(/C=C\c3ccc(N(c4ccc(OC)cc4)c4ccc(OCC)cc4)cc3)cc2c(C#N)c2ccc(/C=C\c3ccc(N(c4ccc(C)cc4)c4ccc(OCC)cc4)cc3)cc12. The molecule has 69 heavy (non-hydrogen) atoms. The first-order valence-corrected chi connectivity index (χ1v) is 23.0. The first-order chi connectivity index (χ1) is 33.9. The summed E-state index contributed by atoms with van der Waals surface area (Å²) < 4.78 is 16.9. The summed E-state index contributed by atoms with van der Waals surface area (Å²) in [6, 6.07) is 64.1. The van der Waals surface area contributed by atoms with E-state index < -0.39 is 0 Å². The van der Waals surface area contributed by atoms with Gasteiger partial charge in [-0.3, -0.25) is 0 Å². The van der Waals surface area contributed by atoms with Gasteiger partial charge in [0, 0.05) is 34.1 Å². The molecule has 9 aromatic carbocycles. The van der Waals surface area contributed by atoms with E-state index in [1.54, 1.807) is 7.11 Å². The van der Waals surface area contributed by atoms with Crippen LogP contribution in [0.2, 0.25) is 0 Å². The highest BCUT2D eigenvalue weighted by Gasteiger charge is 2.17. The molecule has 0 radical (unpaired) electrons. The molecular weight excluding hydrogens is 849 g/mol. The Balaban J connectivity index is 0.959. The predicted octanol–water partition coefficient (Wildman–Crippen LogP) is 16.8. The molecule has 0 aliphatic carbocycles. The van der Waals surface area contributed by atoms with Crippen molar-refractivity contribution in [2.45, 2.75) is 20.8 Å². The van der Waals surface area contributed by atoms with Crippen LogP contribution in [-0.2, 0) is 0 Å². The predicted molar refractivity (Wildman–Crippen MR) is 286 cm³/mol. The lowest BCUT2D eigenvalue weighted by Crippen LogP contribution is -2.09. The summed E-state index contributed by atoms with van der Waals surface area (Å²) in [6.07, 6.45) is 8.24. The van der Waals surface area contributed by atoms with Gasteiger partial charge in [0.25, 0.3) is 0 Å². The lowest BCUT2D eigenvalue weighted by molar-refractivity contribution is 0.340. The van der Waals surface area contributed by atoms with Crippen molar-refractivity contribution in [3.05, 3.63) is 227 Å². The molecule has 0 saturated heterocycles. The standard InChI is InChI=1S/C62H50N4O3/c1-6-68-55-34-28-52(29-35-55)65(48-20-8-43(3)9-21-48)49-22-14-45(15-23-49)11-13-47-18-38-57-60(41-47)62(64-4)58-39-19-46(40-59(58)61(57)42-63)12-10-44-16-24-50(25-17-44)66(51-26-32-54(67-5)33-27-51)53-30-36-56(37-31-53)69-7-2/h8-41H,6-7H2,1-3,5H3/b12-10-,13-11-. The summed E-state index contributed by atoms with van der Waals surface area (Å²) in [5, 5.41) is 13.6. The molecule has 0 bridgehead atoms. The average molecular weight is 899 g/mol. The second kappa shape index (κ2) is 20.6. The number of anilines is 6. The van der Waals surface area contributed by atoms with Crippen LogP contribution >= 0.6 is 0 Å². The molecule has 0 amide bonds. The second-order valence-electron chi connectivity index (χ2n) is 16.5. The number of fused-ring (bicyclic) bond motifs is 2. The highest BCUT2D eigenvalue weighted by Crippen LogP contribution is 2.41. The van der Waals surface area contributed by atoms with Crippen LogP contribution < -0.4 is 24.0 Å². The van der Waals surface area contributed by atoms with Crippen LogP contribution in [0.1, 0.15) is 47.2 Å². The van der Waals surface area contributed by atoms with Gasteiger partial charge in [-0.1, -0.05) is 96.6 Å². The maximum atomic E-state index is 10.6. The summed E-state index contributed by atoms with van der Waals surface area (Å²) in [7, 11) is 1.67. The normalized spacial score (nSPS) is 11.2. The third kappa shape index (κ3) is 9.91.